The molecule has 0 saturated carbocycles. The number of hydrogen-bond donors (Lipinski definition) is 1. The van der Waals surface area contributed by atoms with Gasteiger partial charge in [-0.05, 0) is 41.1 Å². The van der Waals surface area contributed by atoms with E-state index in [0.29, 0.717) is 0 Å². The summed E-state index contributed by atoms with van der Waals surface area (Å²) in [6.07, 6.45) is 0. The number of benzene rings is 3. The molecule has 0 aliphatic heterocycles. The summed E-state index contributed by atoms with van der Waals surface area (Å²) >= 11 is 6.42. The number of nitrogens with one attached hydrogen (secondary N) is 1. The SMILES string of the molecule is CNCc1ccc(-c2ccc3ccccc3c2)c(Cl)c1. The first-order valence-corrected chi connectivity index (χ1v) is 7.08. The fourth-order valence-corrected chi connectivity index (χ4v) is 2.78. The van der Waals surface area contributed by atoms with E-state index in [-0.39, 0.29) is 0 Å². The van der Waals surface area contributed by atoms with Crippen molar-refractivity contribution in [1.82, 2.24) is 5.32 Å². The van der Waals surface area contributed by atoms with Crippen LogP contribution in [0.5, 0.6) is 0 Å². The lowest BCUT2D eigenvalue weighted by Gasteiger charge is -2.08. The lowest BCUT2D eigenvalue weighted by molar-refractivity contribution is 0.818. The standard InChI is InChI=1S/C18H16ClN/c1-20-12-13-6-9-17(18(19)10-13)16-8-7-14-4-2-3-5-15(14)11-16/h2-11,20H,12H2,1H3. The van der Waals surface area contributed by atoms with Crippen LogP contribution in [0.3, 0.4) is 0 Å². The molecule has 3 aromatic rings. The van der Waals surface area contributed by atoms with Gasteiger partial charge in [0.05, 0.1) is 0 Å². The van der Waals surface area contributed by atoms with Gasteiger partial charge in [0, 0.05) is 17.1 Å². The highest BCUT2D eigenvalue weighted by Gasteiger charge is 2.05. The van der Waals surface area contributed by atoms with E-state index < -0.39 is 0 Å². The zero-order valence-corrected chi connectivity index (χ0v) is 12.1. The van der Waals surface area contributed by atoms with Gasteiger partial charge in [-0.25, -0.2) is 0 Å². The van der Waals surface area contributed by atoms with Gasteiger partial charge in [0.25, 0.3) is 0 Å². The minimum Gasteiger partial charge on any atom is -0.316 e. The van der Waals surface area contributed by atoms with Crippen molar-refractivity contribution in [3.8, 4) is 11.1 Å². The van der Waals surface area contributed by atoms with Gasteiger partial charge in [0.15, 0.2) is 0 Å². The van der Waals surface area contributed by atoms with Crippen LogP contribution in [-0.4, -0.2) is 7.05 Å². The molecule has 0 aromatic heterocycles. The van der Waals surface area contributed by atoms with Crippen LogP contribution in [-0.2, 0) is 6.54 Å². The molecule has 0 radical (unpaired) electrons. The van der Waals surface area contributed by atoms with Crippen molar-refractivity contribution in [3.05, 3.63) is 71.2 Å². The first-order valence-electron chi connectivity index (χ1n) is 6.70. The third-order valence-electron chi connectivity index (χ3n) is 3.47. The fraction of sp³-hybridized carbons (Fsp3) is 0.111. The summed E-state index contributed by atoms with van der Waals surface area (Å²) in [5.41, 5.74) is 3.43. The molecule has 1 N–H and O–H groups in total. The van der Waals surface area contributed by atoms with Crippen LogP contribution in [0.2, 0.25) is 5.02 Å². The Labute approximate surface area is 124 Å². The largest absolute Gasteiger partial charge is 0.316 e. The first-order chi connectivity index (χ1) is 9.78. The van der Waals surface area contributed by atoms with Gasteiger partial charge >= 0.3 is 0 Å². The zero-order valence-electron chi connectivity index (χ0n) is 11.4. The monoisotopic (exact) mass is 281 g/mol. The molecule has 3 aromatic carbocycles. The van der Waals surface area contributed by atoms with Gasteiger partial charge in [-0.15, -0.1) is 0 Å². The second-order valence-corrected chi connectivity index (χ2v) is 5.31. The maximum atomic E-state index is 6.42. The molecule has 20 heavy (non-hydrogen) atoms. The molecule has 0 fully saturated rings. The molecule has 1 nitrogen and oxygen atoms in total. The Morgan fingerprint density at radius 2 is 1.70 bits per heavy atom. The lowest BCUT2D eigenvalue weighted by atomic mass is 10.00. The average Bonchev–Trinajstić information content (AvgIpc) is 2.47. The maximum absolute atomic E-state index is 6.42. The van der Waals surface area contributed by atoms with Gasteiger partial charge in [-0.3, -0.25) is 0 Å². The van der Waals surface area contributed by atoms with Gasteiger partial charge in [-0.1, -0.05) is 60.1 Å². The van der Waals surface area contributed by atoms with Crippen LogP contribution in [0.4, 0.5) is 0 Å². The zero-order chi connectivity index (χ0) is 13.9. The minimum atomic E-state index is 0.799. The number of fused-ring (bicyclic) bond motifs is 1. The minimum absolute atomic E-state index is 0.799. The molecule has 3 rings (SSSR count). The van der Waals surface area contributed by atoms with Crippen LogP contribution in [0.1, 0.15) is 5.56 Å². The van der Waals surface area contributed by atoms with E-state index in [2.05, 4.69) is 59.9 Å². The molecular weight excluding hydrogens is 266 g/mol. The van der Waals surface area contributed by atoms with Gasteiger partial charge in [0.2, 0.25) is 0 Å². The molecule has 100 valence electrons. The predicted molar refractivity (Wildman–Crippen MR) is 87.2 cm³/mol. The Morgan fingerprint density at radius 1 is 0.900 bits per heavy atom. The van der Waals surface area contributed by atoms with Crippen molar-refractivity contribution in [2.45, 2.75) is 6.54 Å². The van der Waals surface area contributed by atoms with Crippen LogP contribution in [0, 0.1) is 0 Å². The van der Waals surface area contributed by atoms with Gasteiger partial charge in [0.1, 0.15) is 0 Å². The molecule has 0 unspecified atom stereocenters. The molecule has 2 heteroatoms. The van der Waals surface area contributed by atoms with E-state index in [4.69, 9.17) is 11.6 Å². The summed E-state index contributed by atoms with van der Waals surface area (Å²) in [5.74, 6) is 0. The van der Waals surface area contributed by atoms with Gasteiger partial charge in [-0.2, -0.15) is 0 Å². The number of rotatable bonds is 3. The van der Waals surface area contributed by atoms with Crippen LogP contribution in [0.15, 0.2) is 60.7 Å². The number of hydrogen-bond acceptors (Lipinski definition) is 1. The summed E-state index contributed by atoms with van der Waals surface area (Å²) in [6.45, 7) is 0.831. The smallest absolute Gasteiger partial charge is 0.0487 e. The molecular formula is C18H16ClN. The third-order valence-corrected chi connectivity index (χ3v) is 3.79. The molecule has 0 saturated heterocycles. The Hall–Kier alpha value is -1.83. The van der Waals surface area contributed by atoms with E-state index in [9.17, 15) is 0 Å². The van der Waals surface area contributed by atoms with Crippen molar-refractivity contribution in [3.63, 3.8) is 0 Å². The molecule has 0 heterocycles. The topological polar surface area (TPSA) is 12.0 Å². The van der Waals surface area contributed by atoms with Crippen LogP contribution >= 0.6 is 11.6 Å². The average molecular weight is 282 g/mol. The van der Waals surface area contributed by atoms with Crippen molar-refractivity contribution in [2.75, 3.05) is 7.05 Å². The maximum Gasteiger partial charge on any atom is 0.0487 e. The highest BCUT2D eigenvalue weighted by Crippen LogP contribution is 2.31. The van der Waals surface area contributed by atoms with Crippen molar-refractivity contribution < 1.29 is 0 Å². The van der Waals surface area contributed by atoms with Gasteiger partial charge < -0.3 is 5.32 Å². The van der Waals surface area contributed by atoms with E-state index >= 15 is 0 Å². The molecule has 0 spiro atoms. The molecule has 0 aliphatic rings. The Bertz CT molecular complexity index is 749. The van der Waals surface area contributed by atoms with E-state index in [1.807, 2.05) is 13.1 Å². The van der Waals surface area contributed by atoms with Crippen molar-refractivity contribution >= 4 is 22.4 Å². The second-order valence-electron chi connectivity index (χ2n) is 4.91. The summed E-state index contributed by atoms with van der Waals surface area (Å²) in [4.78, 5) is 0. The molecule has 0 aliphatic carbocycles. The number of halogens is 1. The highest BCUT2D eigenvalue weighted by molar-refractivity contribution is 6.33. The fourth-order valence-electron chi connectivity index (χ4n) is 2.46. The summed E-state index contributed by atoms with van der Waals surface area (Å²) in [5, 5.41) is 6.42. The normalized spacial score (nSPS) is 10.9. The molecule has 0 amide bonds. The van der Waals surface area contributed by atoms with Crippen LogP contribution < -0.4 is 5.32 Å². The van der Waals surface area contributed by atoms with Crippen LogP contribution in [0.25, 0.3) is 21.9 Å². The first kappa shape index (κ1) is 13.2. The predicted octanol–water partition coefficient (Wildman–Crippen LogP) is 4.88. The van der Waals surface area contributed by atoms with Crippen molar-refractivity contribution in [2.24, 2.45) is 0 Å². The molecule has 0 atom stereocenters. The Balaban J connectivity index is 2.06. The molecule has 0 bridgehead atoms. The van der Waals surface area contributed by atoms with E-state index in [0.717, 1.165) is 22.7 Å². The van der Waals surface area contributed by atoms with E-state index in [1.54, 1.807) is 0 Å². The Morgan fingerprint density at radius 3 is 2.45 bits per heavy atom. The van der Waals surface area contributed by atoms with Crippen molar-refractivity contribution in [1.29, 1.82) is 0 Å². The highest BCUT2D eigenvalue weighted by atomic mass is 35.5. The van der Waals surface area contributed by atoms with E-state index in [1.165, 1.54) is 16.3 Å². The summed E-state index contributed by atoms with van der Waals surface area (Å²) in [6, 6.07) is 21.1. The Kier molecular flexibility index (Phi) is 3.72. The third kappa shape index (κ3) is 2.55. The lowest BCUT2D eigenvalue weighted by Crippen LogP contribution is -2.04. The summed E-state index contributed by atoms with van der Waals surface area (Å²) in [7, 11) is 1.94. The quantitative estimate of drug-likeness (QED) is 0.721. The summed E-state index contributed by atoms with van der Waals surface area (Å²) < 4.78 is 0. The second kappa shape index (κ2) is 5.66.